The van der Waals surface area contributed by atoms with Gasteiger partial charge in [0.2, 0.25) is 5.91 Å². The van der Waals surface area contributed by atoms with Crippen molar-refractivity contribution in [2.24, 2.45) is 0 Å². The molecule has 0 radical (unpaired) electrons. The minimum absolute atomic E-state index is 0. The molecule has 2 heterocycles. The number of phenolic OH excluding ortho intramolecular Hbond substituents is 1. The fourth-order valence-electron chi connectivity index (χ4n) is 5.28. The van der Waals surface area contributed by atoms with Crippen LogP contribution in [-0.2, 0) is 29.0 Å². The number of ether oxygens (including phenoxy) is 1. The number of pyridine rings is 1. The van der Waals surface area contributed by atoms with Gasteiger partial charge in [-0.3, -0.25) is 14.5 Å². The molecule has 8 nitrogen and oxygen atoms in total. The molecule has 2 aromatic heterocycles. The summed E-state index contributed by atoms with van der Waals surface area (Å²) in [5.41, 5.74) is 5.84. The maximum atomic E-state index is 14.2. The fraction of sp³-hybridized carbons (Fsp3) is 0.333. The number of benzene rings is 2. The van der Waals surface area contributed by atoms with Gasteiger partial charge in [0.05, 0.1) is 49.8 Å². The van der Waals surface area contributed by atoms with E-state index in [-0.39, 0.29) is 36.9 Å². The highest BCUT2D eigenvalue weighted by atomic mass is 16.5. The highest BCUT2D eigenvalue weighted by Crippen LogP contribution is 2.38. The summed E-state index contributed by atoms with van der Waals surface area (Å²) in [6.07, 6.45) is 7.82. The first-order valence-corrected chi connectivity index (χ1v) is 13.6. The molecule has 0 fully saturated rings. The molecule has 0 saturated carbocycles. The summed E-state index contributed by atoms with van der Waals surface area (Å²) in [6, 6.07) is 16.6. The maximum Gasteiger partial charge on any atom is 0.337 e. The van der Waals surface area contributed by atoms with E-state index in [2.05, 4.69) is 23.9 Å². The number of rotatable bonds is 8. The Morgan fingerprint density at radius 1 is 1.07 bits per heavy atom. The highest BCUT2D eigenvalue weighted by Gasteiger charge is 2.32. The van der Waals surface area contributed by atoms with Gasteiger partial charge in [-0.15, -0.1) is 0 Å². The standard InChI is InChI=1S/C32H34N4O4.CH4/c1-21(2)29-15-14-25(17-33-29)36(31(38)28-8-4-7-27-26(28)6-5-9-30(27)37)20-23-16-34-35(19-23)18-22-10-12-24(13-11-22)32(39)40-3;/h5-6,9-17,19,21,28,37H,4,7-8,18,20H2,1-3H3;1H4. The largest absolute Gasteiger partial charge is 0.508 e. The van der Waals surface area contributed by atoms with Crippen LogP contribution in [0.15, 0.2) is 73.2 Å². The zero-order valence-corrected chi connectivity index (χ0v) is 23.1. The van der Waals surface area contributed by atoms with Gasteiger partial charge >= 0.3 is 5.97 Å². The quantitative estimate of drug-likeness (QED) is 0.259. The smallest absolute Gasteiger partial charge is 0.337 e. The van der Waals surface area contributed by atoms with Crippen molar-refractivity contribution in [2.75, 3.05) is 12.0 Å². The molecule has 0 bridgehead atoms. The molecule has 0 saturated heterocycles. The lowest BCUT2D eigenvalue weighted by Gasteiger charge is -2.31. The molecule has 1 aliphatic carbocycles. The molecule has 1 N–H and O–H groups in total. The second kappa shape index (κ2) is 12.8. The summed E-state index contributed by atoms with van der Waals surface area (Å²) in [4.78, 5) is 32.3. The van der Waals surface area contributed by atoms with Crippen LogP contribution in [0.4, 0.5) is 5.69 Å². The summed E-state index contributed by atoms with van der Waals surface area (Å²) in [5, 5.41) is 15.0. The summed E-state index contributed by atoms with van der Waals surface area (Å²) in [6.45, 7) is 5.05. The molecule has 1 aliphatic rings. The Morgan fingerprint density at radius 3 is 2.54 bits per heavy atom. The van der Waals surface area contributed by atoms with E-state index in [1.807, 2.05) is 47.3 Å². The van der Waals surface area contributed by atoms with Crippen molar-refractivity contribution in [1.29, 1.82) is 0 Å². The molecular formula is C33H38N4O4. The van der Waals surface area contributed by atoms with Gasteiger partial charge in [0.25, 0.3) is 0 Å². The average molecular weight is 555 g/mol. The zero-order chi connectivity index (χ0) is 28.2. The van der Waals surface area contributed by atoms with Gasteiger partial charge in [0.15, 0.2) is 0 Å². The van der Waals surface area contributed by atoms with E-state index in [0.29, 0.717) is 18.7 Å². The summed E-state index contributed by atoms with van der Waals surface area (Å²) in [7, 11) is 1.36. The number of aromatic nitrogens is 3. The van der Waals surface area contributed by atoms with Crippen LogP contribution in [0.25, 0.3) is 0 Å². The van der Waals surface area contributed by atoms with E-state index < -0.39 is 0 Å². The Bertz CT molecular complexity index is 1490. The Balaban J connectivity index is 0.00000387. The molecular weight excluding hydrogens is 516 g/mol. The molecule has 1 amide bonds. The number of methoxy groups -OCH3 is 1. The van der Waals surface area contributed by atoms with Gasteiger partial charge in [0.1, 0.15) is 5.75 Å². The van der Waals surface area contributed by atoms with Crippen molar-refractivity contribution >= 4 is 17.6 Å². The molecule has 1 atom stereocenters. The van der Waals surface area contributed by atoms with Crippen LogP contribution in [0.1, 0.15) is 84.3 Å². The third-order valence-electron chi connectivity index (χ3n) is 7.47. The Morgan fingerprint density at radius 2 is 1.85 bits per heavy atom. The third-order valence-corrected chi connectivity index (χ3v) is 7.47. The third kappa shape index (κ3) is 6.48. The SMILES string of the molecule is C.COC(=O)c1ccc(Cn2cc(CN(C(=O)C3CCCc4c(O)cccc43)c3ccc(C(C)C)nc3)cn2)cc1. The van der Waals surface area contributed by atoms with Gasteiger partial charge in [-0.25, -0.2) is 4.79 Å². The lowest BCUT2D eigenvalue weighted by Crippen LogP contribution is -2.36. The van der Waals surface area contributed by atoms with Gasteiger partial charge in [0, 0.05) is 17.5 Å². The molecule has 1 unspecified atom stereocenters. The number of fused-ring (bicyclic) bond motifs is 1. The second-order valence-electron chi connectivity index (χ2n) is 10.5. The van der Waals surface area contributed by atoms with Crippen molar-refractivity contribution in [3.63, 3.8) is 0 Å². The van der Waals surface area contributed by atoms with Crippen molar-refractivity contribution in [3.8, 4) is 5.75 Å². The number of carbonyl (C=O) groups is 2. The van der Waals surface area contributed by atoms with E-state index in [9.17, 15) is 14.7 Å². The summed E-state index contributed by atoms with van der Waals surface area (Å²) in [5.74, 6) is -0.193. The number of amides is 1. The van der Waals surface area contributed by atoms with Crippen LogP contribution in [0.5, 0.6) is 5.75 Å². The molecule has 8 heteroatoms. The lowest BCUT2D eigenvalue weighted by molar-refractivity contribution is -0.120. The highest BCUT2D eigenvalue weighted by molar-refractivity contribution is 5.98. The summed E-state index contributed by atoms with van der Waals surface area (Å²) >= 11 is 0. The molecule has 4 aromatic rings. The van der Waals surface area contributed by atoms with Gasteiger partial charge in [-0.2, -0.15) is 5.10 Å². The van der Waals surface area contributed by atoms with Crippen molar-refractivity contribution < 1.29 is 19.4 Å². The van der Waals surface area contributed by atoms with Crippen LogP contribution in [0, 0.1) is 0 Å². The van der Waals surface area contributed by atoms with E-state index >= 15 is 0 Å². The number of carbonyl (C=O) groups excluding carboxylic acids is 2. The van der Waals surface area contributed by atoms with Crippen LogP contribution < -0.4 is 4.90 Å². The number of hydrogen-bond acceptors (Lipinski definition) is 6. The number of nitrogens with zero attached hydrogens (tertiary/aromatic N) is 4. The zero-order valence-electron chi connectivity index (χ0n) is 23.1. The first-order valence-electron chi connectivity index (χ1n) is 13.6. The van der Waals surface area contributed by atoms with E-state index in [0.717, 1.165) is 52.9 Å². The van der Waals surface area contributed by atoms with E-state index in [4.69, 9.17) is 4.74 Å². The minimum atomic E-state index is -0.371. The number of phenols is 1. The molecule has 2 aromatic carbocycles. The number of anilines is 1. The van der Waals surface area contributed by atoms with Crippen molar-refractivity contribution in [1.82, 2.24) is 14.8 Å². The molecule has 41 heavy (non-hydrogen) atoms. The monoisotopic (exact) mass is 554 g/mol. The second-order valence-corrected chi connectivity index (χ2v) is 10.5. The lowest BCUT2D eigenvalue weighted by atomic mass is 9.81. The molecule has 214 valence electrons. The topological polar surface area (TPSA) is 97.5 Å². The minimum Gasteiger partial charge on any atom is -0.508 e. The average Bonchev–Trinajstić information content (AvgIpc) is 3.42. The normalized spacial score (nSPS) is 14.2. The van der Waals surface area contributed by atoms with Crippen LogP contribution in [0.2, 0.25) is 0 Å². The van der Waals surface area contributed by atoms with Gasteiger partial charge in [-0.1, -0.05) is 45.5 Å². The van der Waals surface area contributed by atoms with E-state index in [1.54, 1.807) is 35.5 Å². The number of esters is 1. The van der Waals surface area contributed by atoms with Gasteiger partial charge < -0.3 is 14.7 Å². The number of aromatic hydroxyl groups is 1. The fourth-order valence-corrected chi connectivity index (χ4v) is 5.28. The predicted molar refractivity (Wildman–Crippen MR) is 159 cm³/mol. The first kappa shape index (κ1) is 29.5. The van der Waals surface area contributed by atoms with Crippen LogP contribution in [0.3, 0.4) is 0 Å². The van der Waals surface area contributed by atoms with Gasteiger partial charge in [-0.05, 0) is 72.2 Å². The summed E-state index contributed by atoms with van der Waals surface area (Å²) < 4.78 is 6.59. The van der Waals surface area contributed by atoms with E-state index in [1.165, 1.54) is 7.11 Å². The van der Waals surface area contributed by atoms with Crippen LogP contribution in [-0.4, -0.2) is 38.9 Å². The van der Waals surface area contributed by atoms with Crippen molar-refractivity contribution in [2.45, 2.75) is 65.5 Å². The molecule has 0 aliphatic heterocycles. The van der Waals surface area contributed by atoms with Crippen molar-refractivity contribution in [3.05, 3.63) is 107 Å². The Hall–Kier alpha value is -4.46. The van der Waals surface area contributed by atoms with Crippen LogP contribution >= 0.6 is 0 Å². The molecule has 0 spiro atoms. The molecule has 5 rings (SSSR count). The maximum absolute atomic E-state index is 14.2. The first-order chi connectivity index (χ1) is 19.3. The predicted octanol–water partition coefficient (Wildman–Crippen LogP) is 6.23. The Labute approximate surface area is 241 Å². The Kier molecular flexibility index (Phi) is 9.22. The number of hydrogen-bond donors (Lipinski definition) is 1.